The van der Waals surface area contributed by atoms with Crippen LogP contribution in [-0.4, -0.2) is 18.1 Å². The van der Waals surface area contributed by atoms with Gasteiger partial charge in [-0.25, -0.2) is 4.98 Å². The molecule has 0 spiro atoms. The third kappa shape index (κ3) is 4.47. The quantitative estimate of drug-likeness (QED) is 0.829. The van der Waals surface area contributed by atoms with Crippen molar-refractivity contribution in [2.45, 2.75) is 46.6 Å². The fraction of sp³-hybridized carbons (Fsp3) is 0.750. The average molecular weight is 210 g/mol. The van der Waals surface area contributed by atoms with Gasteiger partial charge in [0.25, 0.3) is 0 Å². The van der Waals surface area contributed by atoms with E-state index in [0.717, 1.165) is 24.4 Å². The molecule has 0 fully saturated rings. The molecule has 0 aliphatic carbocycles. The molecule has 1 aromatic heterocycles. The zero-order valence-corrected chi connectivity index (χ0v) is 10.4. The van der Waals surface area contributed by atoms with Crippen molar-refractivity contribution < 1.29 is 4.42 Å². The summed E-state index contributed by atoms with van der Waals surface area (Å²) in [5.41, 5.74) is 1.27. The Morgan fingerprint density at radius 1 is 1.47 bits per heavy atom. The normalized spacial score (nSPS) is 14.2. The Morgan fingerprint density at radius 3 is 2.67 bits per heavy atom. The standard InChI is InChI=1S/C12H22N2O/c1-9(13-5)6-10-8-15-11(14-10)7-12(2,3)4/h8-9,13H,6-7H2,1-5H3. The smallest absolute Gasteiger partial charge is 0.194 e. The summed E-state index contributed by atoms with van der Waals surface area (Å²) in [5.74, 6) is 0.848. The summed E-state index contributed by atoms with van der Waals surface area (Å²) < 4.78 is 5.45. The van der Waals surface area contributed by atoms with Gasteiger partial charge in [-0.2, -0.15) is 0 Å². The summed E-state index contributed by atoms with van der Waals surface area (Å²) in [4.78, 5) is 4.48. The molecular formula is C12H22N2O. The average Bonchev–Trinajstić information content (AvgIpc) is 2.49. The molecule has 1 aromatic rings. The van der Waals surface area contributed by atoms with Gasteiger partial charge in [-0.3, -0.25) is 0 Å². The minimum absolute atomic E-state index is 0.233. The van der Waals surface area contributed by atoms with Gasteiger partial charge in [0.05, 0.1) is 5.69 Å². The zero-order chi connectivity index (χ0) is 11.5. The topological polar surface area (TPSA) is 38.1 Å². The second kappa shape index (κ2) is 4.79. The van der Waals surface area contributed by atoms with E-state index < -0.39 is 0 Å². The predicted molar refractivity (Wildman–Crippen MR) is 61.9 cm³/mol. The summed E-state index contributed by atoms with van der Waals surface area (Å²) in [6.45, 7) is 8.70. The van der Waals surface area contributed by atoms with Gasteiger partial charge in [0.2, 0.25) is 0 Å². The van der Waals surface area contributed by atoms with Gasteiger partial charge >= 0.3 is 0 Å². The van der Waals surface area contributed by atoms with E-state index >= 15 is 0 Å². The van der Waals surface area contributed by atoms with Crippen molar-refractivity contribution in [3.63, 3.8) is 0 Å². The highest BCUT2D eigenvalue weighted by atomic mass is 16.3. The largest absolute Gasteiger partial charge is 0.449 e. The number of likely N-dealkylation sites (N-methyl/N-ethyl adjacent to an activating group) is 1. The molecule has 0 amide bonds. The van der Waals surface area contributed by atoms with Crippen LogP contribution in [0.25, 0.3) is 0 Å². The summed E-state index contributed by atoms with van der Waals surface area (Å²) in [6, 6.07) is 0.442. The van der Waals surface area contributed by atoms with E-state index in [0.29, 0.717) is 6.04 Å². The first-order chi connectivity index (χ1) is 6.90. The molecule has 0 bridgehead atoms. The summed E-state index contributed by atoms with van der Waals surface area (Å²) >= 11 is 0. The third-order valence-corrected chi connectivity index (χ3v) is 2.29. The Morgan fingerprint density at radius 2 is 2.13 bits per heavy atom. The number of hydrogen-bond acceptors (Lipinski definition) is 3. The van der Waals surface area contributed by atoms with E-state index in [9.17, 15) is 0 Å². The van der Waals surface area contributed by atoms with E-state index in [-0.39, 0.29) is 5.41 Å². The van der Waals surface area contributed by atoms with Gasteiger partial charge in [-0.15, -0.1) is 0 Å². The first-order valence-corrected chi connectivity index (χ1v) is 5.51. The molecule has 86 valence electrons. The van der Waals surface area contributed by atoms with E-state index in [1.807, 2.05) is 7.05 Å². The van der Waals surface area contributed by atoms with Crippen molar-refractivity contribution in [2.75, 3.05) is 7.05 Å². The van der Waals surface area contributed by atoms with Crippen molar-refractivity contribution in [2.24, 2.45) is 5.41 Å². The Balaban J connectivity index is 2.56. The first kappa shape index (κ1) is 12.2. The number of rotatable bonds is 4. The lowest BCUT2D eigenvalue weighted by Crippen LogP contribution is -2.23. The van der Waals surface area contributed by atoms with E-state index in [4.69, 9.17) is 4.42 Å². The van der Waals surface area contributed by atoms with Gasteiger partial charge < -0.3 is 9.73 Å². The Bertz CT molecular complexity index is 299. The molecule has 0 aliphatic rings. The molecule has 0 radical (unpaired) electrons. The Kier molecular flexibility index (Phi) is 3.91. The molecule has 0 aliphatic heterocycles. The molecule has 3 nitrogen and oxygen atoms in total. The number of oxazole rings is 1. The summed E-state index contributed by atoms with van der Waals surface area (Å²) in [7, 11) is 1.96. The molecule has 0 aromatic carbocycles. The van der Waals surface area contributed by atoms with Crippen molar-refractivity contribution in [3.8, 4) is 0 Å². The monoisotopic (exact) mass is 210 g/mol. The van der Waals surface area contributed by atoms with Crippen LogP contribution in [-0.2, 0) is 12.8 Å². The minimum atomic E-state index is 0.233. The van der Waals surface area contributed by atoms with Crippen LogP contribution in [0.15, 0.2) is 10.7 Å². The van der Waals surface area contributed by atoms with Gasteiger partial charge in [-0.1, -0.05) is 20.8 Å². The van der Waals surface area contributed by atoms with Crippen molar-refractivity contribution in [3.05, 3.63) is 17.8 Å². The fourth-order valence-corrected chi connectivity index (χ4v) is 1.39. The molecule has 0 saturated carbocycles. The molecule has 15 heavy (non-hydrogen) atoms. The van der Waals surface area contributed by atoms with Crippen LogP contribution in [0.5, 0.6) is 0 Å². The highest BCUT2D eigenvalue weighted by Crippen LogP contribution is 2.20. The van der Waals surface area contributed by atoms with Crippen LogP contribution in [0.4, 0.5) is 0 Å². The highest BCUT2D eigenvalue weighted by Gasteiger charge is 2.15. The third-order valence-electron chi connectivity index (χ3n) is 2.29. The van der Waals surface area contributed by atoms with Crippen molar-refractivity contribution in [1.29, 1.82) is 0 Å². The molecule has 1 heterocycles. The molecular weight excluding hydrogens is 188 g/mol. The Labute approximate surface area is 92.3 Å². The molecule has 3 heteroatoms. The lowest BCUT2D eigenvalue weighted by Gasteiger charge is -2.14. The van der Waals surface area contributed by atoms with E-state index in [1.165, 1.54) is 0 Å². The number of hydrogen-bond donors (Lipinski definition) is 1. The SMILES string of the molecule is CNC(C)Cc1coc(CC(C)(C)C)n1. The lowest BCUT2D eigenvalue weighted by molar-refractivity contribution is 0.354. The van der Waals surface area contributed by atoms with Crippen LogP contribution in [0.1, 0.15) is 39.3 Å². The second-order valence-corrected chi connectivity index (χ2v) is 5.36. The summed E-state index contributed by atoms with van der Waals surface area (Å²) in [5, 5.41) is 3.19. The van der Waals surface area contributed by atoms with Gasteiger partial charge in [0, 0.05) is 18.9 Å². The second-order valence-electron chi connectivity index (χ2n) is 5.36. The molecule has 1 atom stereocenters. The van der Waals surface area contributed by atoms with Gasteiger partial charge in [-0.05, 0) is 19.4 Å². The van der Waals surface area contributed by atoms with Crippen LogP contribution in [0, 0.1) is 5.41 Å². The highest BCUT2D eigenvalue weighted by molar-refractivity contribution is 5.00. The summed E-state index contributed by atoms with van der Waals surface area (Å²) in [6.07, 6.45) is 3.58. The van der Waals surface area contributed by atoms with Crippen LogP contribution < -0.4 is 5.32 Å². The minimum Gasteiger partial charge on any atom is -0.449 e. The molecule has 1 N–H and O–H groups in total. The molecule has 1 unspecified atom stereocenters. The molecule has 1 rings (SSSR count). The van der Waals surface area contributed by atoms with E-state index in [2.05, 4.69) is 38.0 Å². The van der Waals surface area contributed by atoms with Gasteiger partial charge in [0.15, 0.2) is 5.89 Å². The zero-order valence-electron chi connectivity index (χ0n) is 10.4. The number of nitrogens with one attached hydrogen (secondary N) is 1. The van der Waals surface area contributed by atoms with E-state index in [1.54, 1.807) is 6.26 Å². The number of nitrogens with zero attached hydrogens (tertiary/aromatic N) is 1. The first-order valence-electron chi connectivity index (χ1n) is 5.51. The van der Waals surface area contributed by atoms with Crippen LogP contribution in [0.3, 0.4) is 0 Å². The Hall–Kier alpha value is -0.830. The maximum absolute atomic E-state index is 5.45. The fourth-order valence-electron chi connectivity index (χ4n) is 1.39. The molecule has 0 saturated heterocycles. The lowest BCUT2D eigenvalue weighted by atomic mass is 9.92. The van der Waals surface area contributed by atoms with Crippen molar-refractivity contribution >= 4 is 0 Å². The number of aromatic nitrogens is 1. The maximum atomic E-state index is 5.45. The van der Waals surface area contributed by atoms with Crippen LogP contribution >= 0.6 is 0 Å². The van der Waals surface area contributed by atoms with Crippen LogP contribution in [0.2, 0.25) is 0 Å². The van der Waals surface area contributed by atoms with Crippen molar-refractivity contribution in [1.82, 2.24) is 10.3 Å². The van der Waals surface area contributed by atoms with Gasteiger partial charge in [0.1, 0.15) is 6.26 Å². The maximum Gasteiger partial charge on any atom is 0.194 e. The predicted octanol–water partition coefficient (Wildman–Crippen LogP) is 2.41.